The van der Waals surface area contributed by atoms with E-state index in [2.05, 4.69) is 24.1 Å². The maximum absolute atomic E-state index is 14.2. The van der Waals surface area contributed by atoms with Crippen molar-refractivity contribution in [1.82, 2.24) is 10.2 Å². The minimum atomic E-state index is -0.234. The lowest BCUT2D eigenvalue weighted by Crippen LogP contribution is -2.58. The van der Waals surface area contributed by atoms with Crippen LogP contribution in [0, 0.1) is 5.82 Å². The van der Waals surface area contributed by atoms with Crippen molar-refractivity contribution in [2.45, 2.75) is 32.4 Å². The Bertz CT molecular complexity index is 438. The van der Waals surface area contributed by atoms with Gasteiger partial charge in [0.1, 0.15) is 0 Å². The summed E-state index contributed by atoms with van der Waals surface area (Å²) in [6.45, 7) is 7.91. The number of ether oxygens (including phenoxy) is 1. The number of rotatable bonds is 4. The van der Waals surface area contributed by atoms with Crippen LogP contribution in [0.15, 0.2) is 18.2 Å². The van der Waals surface area contributed by atoms with Crippen LogP contribution in [0.4, 0.5) is 4.39 Å². The molecule has 1 saturated heterocycles. The first-order valence-electron chi connectivity index (χ1n) is 6.88. The SMILES string of the molecule is CCC1(C)CNCCN1Cc1cccc(OC)c1F. The number of halogens is 1. The first-order chi connectivity index (χ1) is 9.10. The van der Waals surface area contributed by atoms with E-state index < -0.39 is 0 Å². The lowest BCUT2D eigenvalue weighted by Gasteiger charge is -2.45. The number of benzene rings is 1. The molecule has 0 radical (unpaired) electrons. The van der Waals surface area contributed by atoms with E-state index in [1.807, 2.05) is 12.1 Å². The predicted octanol–water partition coefficient (Wildman–Crippen LogP) is 2.41. The Balaban J connectivity index is 2.20. The van der Waals surface area contributed by atoms with Crippen molar-refractivity contribution >= 4 is 0 Å². The molecule has 0 bridgehead atoms. The molecule has 0 amide bonds. The summed E-state index contributed by atoms with van der Waals surface area (Å²) >= 11 is 0. The summed E-state index contributed by atoms with van der Waals surface area (Å²) in [7, 11) is 1.50. The van der Waals surface area contributed by atoms with E-state index in [1.54, 1.807) is 6.07 Å². The van der Waals surface area contributed by atoms with Gasteiger partial charge in [-0.1, -0.05) is 19.1 Å². The number of methoxy groups -OCH3 is 1. The smallest absolute Gasteiger partial charge is 0.169 e. The van der Waals surface area contributed by atoms with Crippen LogP contribution in [-0.2, 0) is 6.54 Å². The van der Waals surface area contributed by atoms with Crippen molar-refractivity contribution in [3.63, 3.8) is 0 Å². The van der Waals surface area contributed by atoms with E-state index in [0.717, 1.165) is 26.1 Å². The Morgan fingerprint density at radius 3 is 2.95 bits per heavy atom. The molecule has 1 aliphatic rings. The van der Waals surface area contributed by atoms with Gasteiger partial charge in [0.2, 0.25) is 0 Å². The lowest BCUT2D eigenvalue weighted by molar-refractivity contribution is 0.0626. The van der Waals surface area contributed by atoms with E-state index in [-0.39, 0.29) is 11.4 Å². The average Bonchev–Trinajstić information content (AvgIpc) is 2.43. The van der Waals surface area contributed by atoms with E-state index in [4.69, 9.17) is 4.74 Å². The van der Waals surface area contributed by atoms with E-state index in [9.17, 15) is 4.39 Å². The molecule has 0 aliphatic carbocycles. The van der Waals surface area contributed by atoms with Crippen molar-refractivity contribution < 1.29 is 9.13 Å². The van der Waals surface area contributed by atoms with Gasteiger partial charge >= 0.3 is 0 Å². The van der Waals surface area contributed by atoms with Crippen molar-refractivity contribution in [3.8, 4) is 5.75 Å². The Morgan fingerprint density at radius 1 is 1.47 bits per heavy atom. The van der Waals surface area contributed by atoms with Crippen LogP contribution in [0.2, 0.25) is 0 Å². The molecule has 4 heteroatoms. The molecule has 3 nitrogen and oxygen atoms in total. The number of hydrogen-bond donors (Lipinski definition) is 1. The van der Waals surface area contributed by atoms with Gasteiger partial charge in [-0.25, -0.2) is 4.39 Å². The number of nitrogens with one attached hydrogen (secondary N) is 1. The molecular formula is C15H23FN2O. The Labute approximate surface area is 114 Å². The summed E-state index contributed by atoms with van der Waals surface area (Å²) in [4.78, 5) is 2.36. The maximum Gasteiger partial charge on any atom is 0.169 e. The van der Waals surface area contributed by atoms with Crippen LogP contribution in [0.1, 0.15) is 25.8 Å². The van der Waals surface area contributed by atoms with Crippen molar-refractivity contribution in [2.24, 2.45) is 0 Å². The summed E-state index contributed by atoms with van der Waals surface area (Å²) in [6, 6.07) is 5.36. The minimum absolute atomic E-state index is 0.0910. The fraction of sp³-hybridized carbons (Fsp3) is 0.600. The van der Waals surface area contributed by atoms with Crippen molar-refractivity contribution in [3.05, 3.63) is 29.6 Å². The second-order valence-electron chi connectivity index (χ2n) is 5.38. The van der Waals surface area contributed by atoms with Gasteiger partial charge in [0.25, 0.3) is 0 Å². The van der Waals surface area contributed by atoms with Crippen LogP contribution < -0.4 is 10.1 Å². The van der Waals surface area contributed by atoms with Crippen LogP contribution in [-0.4, -0.2) is 37.2 Å². The molecule has 106 valence electrons. The summed E-state index contributed by atoms with van der Waals surface area (Å²) < 4.78 is 19.3. The molecule has 1 fully saturated rings. The first-order valence-corrected chi connectivity index (χ1v) is 6.88. The third-order valence-corrected chi connectivity index (χ3v) is 4.21. The van der Waals surface area contributed by atoms with Gasteiger partial charge in [0, 0.05) is 37.3 Å². The zero-order valence-corrected chi connectivity index (χ0v) is 12.0. The van der Waals surface area contributed by atoms with Gasteiger partial charge in [-0.15, -0.1) is 0 Å². The van der Waals surface area contributed by atoms with Crippen LogP contribution >= 0.6 is 0 Å². The zero-order chi connectivity index (χ0) is 13.9. The molecule has 0 saturated carbocycles. The highest BCUT2D eigenvalue weighted by molar-refractivity contribution is 5.31. The highest BCUT2D eigenvalue weighted by Gasteiger charge is 2.32. The number of piperazine rings is 1. The fourth-order valence-electron chi connectivity index (χ4n) is 2.61. The third-order valence-electron chi connectivity index (χ3n) is 4.21. The Hall–Kier alpha value is -1.13. The minimum Gasteiger partial charge on any atom is -0.494 e. The van der Waals surface area contributed by atoms with Gasteiger partial charge in [0.05, 0.1) is 7.11 Å². The predicted molar refractivity (Wildman–Crippen MR) is 74.9 cm³/mol. The van der Waals surface area contributed by atoms with E-state index >= 15 is 0 Å². The van der Waals surface area contributed by atoms with Crippen molar-refractivity contribution in [1.29, 1.82) is 0 Å². The summed E-state index contributed by atoms with van der Waals surface area (Å²) in [5.41, 5.74) is 0.800. The number of hydrogen-bond acceptors (Lipinski definition) is 3. The molecule has 1 atom stereocenters. The molecule has 1 heterocycles. The molecular weight excluding hydrogens is 243 g/mol. The summed E-state index contributed by atoms with van der Waals surface area (Å²) in [6.07, 6.45) is 1.05. The second kappa shape index (κ2) is 5.88. The largest absolute Gasteiger partial charge is 0.494 e. The Kier molecular flexibility index (Phi) is 4.42. The average molecular weight is 266 g/mol. The highest BCUT2D eigenvalue weighted by Crippen LogP contribution is 2.26. The molecule has 0 spiro atoms. The molecule has 1 aromatic carbocycles. The third kappa shape index (κ3) is 2.90. The summed E-state index contributed by atoms with van der Waals surface area (Å²) in [5, 5.41) is 3.42. The van der Waals surface area contributed by atoms with Crippen molar-refractivity contribution in [2.75, 3.05) is 26.7 Å². The van der Waals surface area contributed by atoms with Gasteiger partial charge < -0.3 is 10.1 Å². The normalized spacial score (nSPS) is 24.4. The topological polar surface area (TPSA) is 24.5 Å². The molecule has 1 N–H and O–H groups in total. The second-order valence-corrected chi connectivity index (χ2v) is 5.38. The van der Waals surface area contributed by atoms with Crippen LogP contribution in [0.3, 0.4) is 0 Å². The van der Waals surface area contributed by atoms with Gasteiger partial charge in [-0.3, -0.25) is 4.90 Å². The first kappa shape index (κ1) is 14.3. The molecule has 1 aliphatic heterocycles. The monoisotopic (exact) mass is 266 g/mol. The highest BCUT2D eigenvalue weighted by atomic mass is 19.1. The van der Waals surface area contributed by atoms with Crippen LogP contribution in [0.5, 0.6) is 5.75 Å². The van der Waals surface area contributed by atoms with Gasteiger partial charge in [0.15, 0.2) is 11.6 Å². The number of nitrogens with zero attached hydrogens (tertiary/aromatic N) is 1. The molecule has 19 heavy (non-hydrogen) atoms. The standard InChI is InChI=1S/C15H23FN2O/c1-4-15(2)11-17-8-9-18(15)10-12-6-5-7-13(19-3)14(12)16/h5-7,17H,4,8-11H2,1-3H3. The van der Waals surface area contributed by atoms with Gasteiger partial charge in [-0.2, -0.15) is 0 Å². The molecule has 1 unspecified atom stereocenters. The van der Waals surface area contributed by atoms with Gasteiger partial charge in [-0.05, 0) is 19.4 Å². The zero-order valence-electron chi connectivity index (χ0n) is 12.0. The van der Waals surface area contributed by atoms with E-state index in [0.29, 0.717) is 17.9 Å². The van der Waals surface area contributed by atoms with E-state index in [1.165, 1.54) is 7.11 Å². The fourth-order valence-corrected chi connectivity index (χ4v) is 2.61. The molecule has 2 rings (SSSR count). The lowest BCUT2D eigenvalue weighted by atomic mass is 9.93. The maximum atomic E-state index is 14.2. The Morgan fingerprint density at radius 2 is 2.26 bits per heavy atom. The quantitative estimate of drug-likeness (QED) is 0.905. The van der Waals surface area contributed by atoms with Crippen LogP contribution in [0.25, 0.3) is 0 Å². The summed E-state index contributed by atoms with van der Waals surface area (Å²) in [5.74, 6) is 0.0906. The molecule has 1 aromatic rings. The molecule has 0 aromatic heterocycles.